The van der Waals surface area contributed by atoms with Gasteiger partial charge in [-0.3, -0.25) is 0 Å². The van der Waals surface area contributed by atoms with Crippen molar-refractivity contribution in [3.63, 3.8) is 0 Å². The SMILES string of the molecule is [NaH].[NaH].[NaH].[S]=[Au]. The topological polar surface area (TPSA) is 0 Å². The molecular weight excluding hydrogens is 298 g/mol. The summed E-state index contributed by atoms with van der Waals surface area (Å²) in [6.07, 6.45) is 0. The van der Waals surface area contributed by atoms with Crippen molar-refractivity contribution in [2.75, 3.05) is 0 Å². The second-order valence-corrected chi connectivity index (χ2v) is 0. The van der Waals surface area contributed by atoms with E-state index in [-0.39, 0.29) is 88.7 Å². The van der Waals surface area contributed by atoms with Crippen LogP contribution in [0.5, 0.6) is 0 Å². The summed E-state index contributed by atoms with van der Waals surface area (Å²) < 4.78 is 0. The molecule has 0 aromatic rings. The van der Waals surface area contributed by atoms with Gasteiger partial charge in [-0.25, -0.2) is 0 Å². The molecule has 0 aromatic heterocycles. The fourth-order valence-corrected chi connectivity index (χ4v) is 0. The van der Waals surface area contributed by atoms with Crippen LogP contribution >= 0.6 is 9.58 Å². The summed E-state index contributed by atoms with van der Waals surface area (Å²) in [5.41, 5.74) is 0. The Morgan fingerprint density at radius 3 is 0.800 bits per heavy atom. The summed E-state index contributed by atoms with van der Waals surface area (Å²) in [5.74, 6) is 0. The molecule has 0 aromatic carbocycles. The molecule has 5 heavy (non-hydrogen) atoms. The van der Waals surface area contributed by atoms with E-state index >= 15 is 0 Å². The molecule has 0 saturated carbocycles. The molecule has 0 fully saturated rings. The minimum absolute atomic E-state index is 0. The number of hydrogen-bond acceptors (Lipinski definition) is 1. The molecule has 0 aliphatic rings. The van der Waals surface area contributed by atoms with Gasteiger partial charge in [-0.1, -0.05) is 0 Å². The number of rotatable bonds is 0. The third kappa shape index (κ3) is 18.0. The van der Waals surface area contributed by atoms with Crippen LogP contribution in [0.1, 0.15) is 0 Å². The molecular formula is H3AuNa3S. The van der Waals surface area contributed by atoms with Crippen molar-refractivity contribution in [2.24, 2.45) is 0 Å². The van der Waals surface area contributed by atoms with Gasteiger partial charge in [-0.05, 0) is 0 Å². The van der Waals surface area contributed by atoms with Gasteiger partial charge in [0, 0.05) is 0 Å². The molecule has 0 amide bonds. The Kier molecular flexibility index (Phi) is 113. The van der Waals surface area contributed by atoms with Gasteiger partial charge in [-0.2, -0.15) is 0 Å². The maximum absolute atomic E-state index is 4.03. The van der Waals surface area contributed by atoms with Crippen molar-refractivity contribution in [1.82, 2.24) is 0 Å². The van der Waals surface area contributed by atoms with Gasteiger partial charge in [0.2, 0.25) is 0 Å². The van der Waals surface area contributed by atoms with Crippen LogP contribution in [-0.4, -0.2) is 88.7 Å². The normalized spacial score (nSPS) is 1.20. The van der Waals surface area contributed by atoms with Crippen LogP contribution in [0.3, 0.4) is 0 Å². The maximum atomic E-state index is 4.03. The van der Waals surface area contributed by atoms with E-state index in [9.17, 15) is 0 Å². The van der Waals surface area contributed by atoms with Gasteiger partial charge in [0.25, 0.3) is 0 Å². The zero-order valence-electron chi connectivity index (χ0n) is 0.710. The van der Waals surface area contributed by atoms with Gasteiger partial charge >= 0.3 is 117 Å². The molecule has 0 spiro atoms. The first-order valence-electron chi connectivity index (χ1n) is 0.123. The molecule has 0 radical (unpaired) electrons. The second kappa shape index (κ2) is 24.6. The molecule has 0 rings (SSSR count). The average molecular weight is 301 g/mol. The Bertz CT molecular complexity index is 6.85. The third-order valence-electron chi connectivity index (χ3n) is 0. The minimum atomic E-state index is 0. The van der Waals surface area contributed by atoms with Gasteiger partial charge in [0.05, 0.1) is 0 Å². The van der Waals surface area contributed by atoms with Crippen molar-refractivity contribution in [1.29, 1.82) is 0 Å². The molecule has 0 nitrogen and oxygen atoms in total. The van der Waals surface area contributed by atoms with Crippen molar-refractivity contribution in [3.05, 3.63) is 0 Å². The van der Waals surface area contributed by atoms with E-state index in [1.165, 1.54) is 0 Å². The van der Waals surface area contributed by atoms with E-state index in [1.54, 1.807) is 0 Å². The zero-order valence-corrected chi connectivity index (χ0v) is 3.69. The van der Waals surface area contributed by atoms with Gasteiger partial charge < -0.3 is 0 Å². The van der Waals surface area contributed by atoms with E-state index < -0.39 is 0 Å². The fourth-order valence-electron chi connectivity index (χ4n) is 0. The van der Waals surface area contributed by atoms with E-state index in [1.807, 2.05) is 19.2 Å². The molecule has 0 aliphatic heterocycles. The van der Waals surface area contributed by atoms with Crippen LogP contribution in [-0.2, 0) is 19.2 Å². The van der Waals surface area contributed by atoms with E-state index in [2.05, 4.69) is 9.58 Å². The third-order valence-corrected chi connectivity index (χ3v) is 0. The Morgan fingerprint density at radius 1 is 0.800 bits per heavy atom. The predicted molar refractivity (Wildman–Crippen MR) is 29.0 cm³/mol. The average Bonchev–Trinajstić information content (AvgIpc) is 1.00. The molecule has 0 bridgehead atoms. The molecule has 23 valence electrons. The second-order valence-electron chi connectivity index (χ2n) is 0. The number of hydrogen-bond donors (Lipinski definition) is 0. The molecule has 0 heterocycles. The Labute approximate surface area is 114 Å². The first-order valence-corrected chi connectivity index (χ1v) is 3.02. The van der Waals surface area contributed by atoms with Crippen LogP contribution in [0.25, 0.3) is 0 Å². The van der Waals surface area contributed by atoms with Crippen LogP contribution in [0.4, 0.5) is 0 Å². The summed E-state index contributed by atoms with van der Waals surface area (Å²) in [7, 11) is 4.03. The van der Waals surface area contributed by atoms with Crippen molar-refractivity contribution < 1.29 is 19.2 Å². The van der Waals surface area contributed by atoms with Crippen molar-refractivity contribution in [2.45, 2.75) is 0 Å². The van der Waals surface area contributed by atoms with Gasteiger partial charge in [-0.15, -0.1) is 0 Å². The van der Waals surface area contributed by atoms with E-state index in [0.29, 0.717) is 0 Å². The molecule has 0 saturated heterocycles. The summed E-state index contributed by atoms with van der Waals surface area (Å²) in [6.45, 7) is 0. The van der Waals surface area contributed by atoms with E-state index in [0.717, 1.165) is 0 Å². The molecule has 0 unspecified atom stereocenters. The Hall–Kier alpha value is 3.96. The zero-order chi connectivity index (χ0) is 2.00. The van der Waals surface area contributed by atoms with Crippen LogP contribution in [0.15, 0.2) is 0 Å². The van der Waals surface area contributed by atoms with Crippen LogP contribution in [0.2, 0.25) is 0 Å². The summed E-state index contributed by atoms with van der Waals surface area (Å²) in [5, 5.41) is 0. The van der Waals surface area contributed by atoms with Crippen LogP contribution in [0, 0.1) is 0 Å². The monoisotopic (exact) mass is 301 g/mol. The van der Waals surface area contributed by atoms with E-state index in [4.69, 9.17) is 0 Å². The Morgan fingerprint density at radius 2 is 0.800 bits per heavy atom. The molecule has 0 atom stereocenters. The standard InChI is InChI=1S/Au.3Na.S.3H. The molecule has 0 aliphatic carbocycles. The van der Waals surface area contributed by atoms with Crippen molar-refractivity contribution in [3.8, 4) is 0 Å². The summed E-state index contributed by atoms with van der Waals surface area (Å²) in [4.78, 5) is 0. The summed E-state index contributed by atoms with van der Waals surface area (Å²) in [6, 6.07) is 0. The quantitative estimate of drug-likeness (QED) is 0.501. The summed E-state index contributed by atoms with van der Waals surface area (Å²) >= 11 is 1.86. The van der Waals surface area contributed by atoms with Gasteiger partial charge in [0.15, 0.2) is 0 Å². The first kappa shape index (κ1) is 23.1. The molecule has 0 N–H and O–H groups in total. The predicted octanol–water partition coefficient (Wildman–Crippen LogP) is -1.30. The molecule has 5 heteroatoms. The fraction of sp³-hybridized carbons (Fsp3) is 0. The Balaban J connectivity index is -0.00000000167. The van der Waals surface area contributed by atoms with Gasteiger partial charge in [0.1, 0.15) is 0 Å². The first-order chi connectivity index (χ1) is 1.00. The van der Waals surface area contributed by atoms with Crippen molar-refractivity contribution >= 4 is 98.2 Å². The van der Waals surface area contributed by atoms with Crippen LogP contribution < -0.4 is 0 Å².